The summed E-state index contributed by atoms with van der Waals surface area (Å²) in [5.41, 5.74) is 1.15. The van der Waals surface area contributed by atoms with E-state index in [1.54, 1.807) is 6.33 Å². The van der Waals surface area contributed by atoms with Crippen LogP contribution >= 0.6 is 0 Å². The number of hydrogen-bond acceptors (Lipinski definition) is 2. The van der Waals surface area contributed by atoms with Crippen LogP contribution in [0.4, 0.5) is 0 Å². The highest BCUT2D eigenvalue weighted by Gasteiger charge is 2.25. The lowest BCUT2D eigenvalue weighted by Gasteiger charge is -1.88. The molecule has 0 saturated heterocycles. The van der Waals surface area contributed by atoms with Gasteiger partial charge in [-0.2, -0.15) is 5.26 Å². The standard InChI is InChI=1S/C8H9N3/c9-3-4-11-5-8(10-6-11)7-1-2-7/h5-7H,1-2,4H2. The summed E-state index contributed by atoms with van der Waals surface area (Å²) >= 11 is 0. The molecule has 2 rings (SSSR count). The Bertz CT molecular complexity index is 291. The second-order valence-electron chi connectivity index (χ2n) is 2.90. The van der Waals surface area contributed by atoms with E-state index < -0.39 is 0 Å². The molecular formula is C8H9N3. The van der Waals surface area contributed by atoms with E-state index in [1.165, 1.54) is 12.8 Å². The Morgan fingerprint density at radius 2 is 2.55 bits per heavy atom. The minimum Gasteiger partial charge on any atom is -0.323 e. The molecule has 1 fully saturated rings. The molecule has 1 aromatic heterocycles. The zero-order valence-corrected chi connectivity index (χ0v) is 6.20. The summed E-state index contributed by atoms with van der Waals surface area (Å²) in [4.78, 5) is 4.21. The summed E-state index contributed by atoms with van der Waals surface area (Å²) in [6.07, 6.45) is 6.24. The van der Waals surface area contributed by atoms with E-state index >= 15 is 0 Å². The molecule has 0 aromatic carbocycles. The molecule has 1 aliphatic rings. The van der Waals surface area contributed by atoms with Crippen LogP contribution in [0.3, 0.4) is 0 Å². The third kappa shape index (κ3) is 1.25. The Labute approximate surface area is 65.3 Å². The normalized spacial score (nSPS) is 16.3. The quantitative estimate of drug-likeness (QED) is 0.632. The van der Waals surface area contributed by atoms with Gasteiger partial charge in [-0.3, -0.25) is 0 Å². The van der Waals surface area contributed by atoms with Crippen molar-refractivity contribution in [3.8, 4) is 6.07 Å². The predicted octanol–water partition coefficient (Wildman–Crippen LogP) is 1.28. The van der Waals surface area contributed by atoms with Gasteiger partial charge < -0.3 is 4.57 Å². The predicted molar refractivity (Wildman–Crippen MR) is 39.8 cm³/mol. The van der Waals surface area contributed by atoms with Crippen molar-refractivity contribution in [1.29, 1.82) is 5.26 Å². The lowest BCUT2D eigenvalue weighted by atomic mass is 10.3. The smallest absolute Gasteiger partial charge is 0.111 e. The fourth-order valence-electron chi connectivity index (χ4n) is 1.14. The van der Waals surface area contributed by atoms with Crippen LogP contribution in [0.15, 0.2) is 12.5 Å². The fourth-order valence-corrected chi connectivity index (χ4v) is 1.14. The molecule has 0 N–H and O–H groups in total. The number of nitrogens with zero attached hydrogens (tertiary/aromatic N) is 3. The van der Waals surface area contributed by atoms with Crippen molar-refractivity contribution >= 4 is 0 Å². The first-order valence-electron chi connectivity index (χ1n) is 3.79. The lowest BCUT2D eigenvalue weighted by Crippen LogP contribution is -1.89. The van der Waals surface area contributed by atoms with Gasteiger partial charge in [0.25, 0.3) is 0 Å². The number of rotatable bonds is 2. The number of imidazole rings is 1. The molecule has 11 heavy (non-hydrogen) atoms. The maximum Gasteiger partial charge on any atom is 0.111 e. The summed E-state index contributed by atoms with van der Waals surface area (Å²) in [7, 11) is 0. The fraction of sp³-hybridized carbons (Fsp3) is 0.500. The first-order chi connectivity index (χ1) is 5.40. The molecule has 0 unspecified atom stereocenters. The zero-order valence-electron chi connectivity index (χ0n) is 6.20. The molecule has 56 valence electrons. The van der Waals surface area contributed by atoms with Crippen LogP contribution in [-0.2, 0) is 6.54 Å². The first-order valence-corrected chi connectivity index (χ1v) is 3.79. The average Bonchev–Trinajstić information content (AvgIpc) is 2.75. The van der Waals surface area contributed by atoms with E-state index in [0.29, 0.717) is 12.5 Å². The number of nitriles is 1. The second kappa shape index (κ2) is 2.39. The molecule has 0 amide bonds. The summed E-state index contributed by atoms with van der Waals surface area (Å²) in [6, 6.07) is 2.08. The van der Waals surface area contributed by atoms with Crippen LogP contribution in [-0.4, -0.2) is 9.55 Å². The van der Waals surface area contributed by atoms with Crippen molar-refractivity contribution in [3.63, 3.8) is 0 Å². The Morgan fingerprint density at radius 3 is 3.18 bits per heavy atom. The van der Waals surface area contributed by atoms with Crippen molar-refractivity contribution in [1.82, 2.24) is 9.55 Å². The van der Waals surface area contributed by atoms with E-state index in [9.17, 15) is 0 Å². The van der Waals surface area contributed by atoms with Crippen molar-refractivity contribution in [2.45, 2.75) is 25.3 Å². The summed E-state index contributed by atoms with van der Waals surface area (Å²) in [5.74, 6) is 0.690. The molecule has 1 aliphatic carbocycles. The zero-order chi connectivity index (χ0) is 7.68. The maximum atomic E-state index is 8.38. The van der Waals surface area contributed by atoms with Crippen molar-refractivity contribution in [3.05, 3.63) is 18.2 Å². The van der Waals surface area contributed by atoms with E-state index in [1.807, 2.05) is 10.8 Å². The highest BCUT2D eigenvalue weighted by molar-refractivity contribution is 5.11. The highest BCUT2D eigenvalue weighted by atomic mass is 15.0. The third-order valence-electron chi connectivity index (χ3n) is 1.90. The van der Waals surface area contributed by atoms with Gasteiger partial charge in [-0.25, -0.2) is 4.98 Å². The van der Waals surface area contributed by atoms with Crippen molar-refractivity contribution < 1.29 is 0 Å². The van der Waals surface area contributed by atoms with Gasteiger partial charge in [-0.15, -0.1) is 0 Å². The van der Waals surface area contributed by atoms with Gasteiger partial charge in [-0.05, 0) is 12.8 Å². The van der Waals surface area contributed by atoms with Crippen LogP contribution in [0, 0.1) is 11.3 Å². The molecular weight excluding hydrogens is 138 g/mol. The Balaban J connectivity index is 2.13. The molecule has 3 nitrogen and oxygen atoms in total. The monoisotopic (exact) mass is 147 g/mol. The van der Waals surface area contributed by atoms with Gasteiger partial charge in [0.15, 0.2) is 0 Å². The number of hydrogen-bond donors (Lipinski definition) is 0. The summed E-state index contributed by atoms with van der Waals surface area (Å²) < 4.78 is 1.83. The van der Waals surface area contributed by atoms with Crippen molar-refractivity contribution in [2.75, 3.05) is 0 Å². The number of aromatic nitrogens is 2. The van der Waals surface area contributed by atoms with Gasteiger partial charge >= 0.3 is 0 Å². The molecule has 0 spiro atoms. The van der Waals surface area contributed by atoms with Gasteiger partial charge in [0.1, 0.15) is 6.54 Å². The minimum atomic E-state index is 0.416. The second-order valence-corrected chi connectivity index (χ2v) is 2.90. The molecule has 0 bridgehead atoms. The van der Waals surface area contributed by atoms with Crippen molar-refractivity contribution in [2.24, 2.45) is 0 Å². The van der Waals surface area contributed by atoms with E-state index in [4.69, 9.17) is 5.26 Å². The molecule has 1 heterocycles. The Kier molecular flexibility index (Phi) is 1.39. The highest BCUT2D eigenvalue weighted by Crippen LogP contribution is 2.38. The Hall–Kier alpha value is -1.30. The minimum absolute atomic E-state index is 0.416. The third-order valence-corrected chi connectivity index (χ3v) is 1.90. The van der Waals surface area contributed by atoms with Crippen LogP contribution in [0.5, 0.6) is 0 Å². The van der Waals surface area contributed by atoms with Crippen LogP contribution in [0.2, 0.25) is 0 Å². The SMILES string of the molecule is N#CCn1cnc(C2CC2)c1. The summed E-state index contributed by atoms with van der Waals surface area (Å²) in [6.45, 7) is 0.416. The molecule has 3 heteroatoms. The van der Waals surface area contributed by atoms with Crippen LogP contribution in [0.25, 0.3) is 0 Å². The Morgan fingerprint density at radius 1 is 1.73 bits per heavy atom. The summed E-state index contributed by atoms with van der Waals surface area (Å²) in [5, 5.41) is 8.38. The van der Waals surface area contributed by atoms with Crippen LogP contribution in [0.1, 0.15) is 24.5 Å². The average molecular weight is 147 g/mol. The van der Waals surface area contributed by atoms with Gasteiger partial charge in [0, 0.05) is 12.1 Å². The van der Waals surface area contributed by atoms with Gasteiger partial charge in [0.05, 0.1) is 18.1 Å². The topological polar surface area (TPSA) is 41.6 Å². The van der Waals surface area contributed by atoms with E-state index in [0.717, 1.165) is 5.69 Å². The molecule has 1 saturated carbocycles. The molecule has 1 aromatic rings. The van der Waals surface area contributed by atoms with Gasteiger partial charge in [0.2, 0.25) is 0 Å². The molecule has 0 aliphatic heterocycles. The molecule has 0 atom stereocenters. The van der Waals surface area contributed by atoms with E-state index in [-0.39, 0.29) is 0 Å². The molecule has 0 radical (unpaired) electrons. The van der Waals surface area contributed by atoms with E-state index in [2.05, 4.69) is 11.1 Å². The lowest BCUT2D eigenvalue weighted by molar-refractivity contribution is 0.829. The first kappa shape index (κ1) is 6.41. The largest absolute Gasteiger partial charge is 0.323 e. The maximum absolute atomic E-state index is 8.38. The van der Waals surface area contributed by atoms with Gasteiger partial charge in [-0.1, -0.05) is 0 Å². The van der Waals surface area contributed by atoms with Crippen LogP contribution < -0.4 is 0 Å².